The average molecular weight is 464 g/mol. The van der Waals surface area contributed by atoms with Crippen molar-refractivity contribution in [1.29, 1.82) is 0 Å². The molecule has 0 aromatic heterocycles. The second-order valence-electron chi connectivity index (χ2n) is 8.28. The van der Waals surface area contributed by atoms with E-state index in [1.807, 2.05) is 37.3 Å². The number of ether oxygens (including phenoxy) is 1. The number of carboxylic acid groups (broad SMARTS) is 1. The van der Waals surface area contributed by atoms with E-state index in [1.54, 1.807) is 25.3 Å². The molecule has 5 nitrogen and oxygen atoms in total. The van der Waals surface area contributed by atoms with E-state index >= 15 is 0 Å². The Kier molecular flexibility index (Phi) is 7.63. The summed E-state index contributed by atoms with van der Waals surface area (Å²) in [6, 6.07) is 14.6. The number of rotatable bonds is 8. The van der Waals surface area contributed by atoms with Crippen molar-refractivity contribution >= 4 is 35.1 Å². The minimum atomic E-state index is -1.06. The molecule has 2 aromatic rings. The van der Waals surface area contributed by atoms with Gasteiger partial charge >= 0.3 is 5.97 Å². The van der Waals surface area contributed by atoms with Gasteiger partial charge in [-0.2, -0.15) is 0 Å². The third-order valence-electron chi connectivity index (χ3n) is 6.40. The van der Waals surface area contributed by atoms with Crippen LogP contribution in [0, 0.1) is 11.3 Å². The van der Waals surface area contributed by atoms with Crippen molar-refractivity contribution in [3.8, 4) is 0 Å². The summed E-state index contributed by atoms with van der Waals surface area (Å²) in [4.78, 5) is 25.3. The van der Waals surface area contributed by atoms with E-state index in [9.17, 15) is 14.7 Å². The fourth-order valence-electron chi connectivity index (χ4n) is 4.61. The normalized spacial score (nSPS) is 24.5. The number of carbonyl (C=O) groups excluding carboxylic acids is 1. The highest BCUT2D eigenvalue weighted by atomic mass is 35.5. The molecule has 0 unspecified atom stereocenters. The molecule has 0 spiro atoms. The van der Waals surface area contributed by atoms with Gasteiger partial charge in [0.2, 0.25) is 5.91 Å². The molecule has 1 heterocycles. The molecule has 3 rings (SSSR count). The molecule has 7 heteroatoms. The van der Waals surface area contributed by atoms with Gasteiger partial charge in [0.25, 0.3) is 0 Å². The lowest BCUT2D eigenvalue weighted by Crippen LogP contribution is -2.54. The van der Waals surface area contributed by atoms with E-state index in [4.69, 9.17) is 27.9 Å². The minimum absolute atomic E-state index is 0.151. The molecule has 2 aromatic carbocycles. The number of piperidine rings is 1. The SMILES string of the molecule is COCC[C@H](C)[C@@]1(CC(=O)O)C[C@H](c2cccc(Cl)c2)[C@@H](c2ccc(Cl)cc2)NC1=O. The Labute approximate surface area is 192 Å². The topological polar surface area (TPSA) is 75.6 Å². The van der Waals surface area contributed by atoms with Gasteiger partial charge in [0.15, 0.2) is 0 Å². The van der Waals surface area contributed by atoms with Crippen molar-refractivity contribution in [2.24, 2.45) is 11.3 Å². The summed E-state index contributed by atoms with van der Waals surface area (Å²) in [7, 11) is 1.60. The smallest absolute Gasteiger partial charge is 0.304 e. The molecule has 0 bridgehead atoms. The zero-order chi connectivity index (χ0) is 22.6. The van der Waals surface area contributed by atoms with Gasteiger partial charge in [-0.3, -0.25) is 9.59 Å². The number of carbonyl (C=O) groups is 2. The van der Waals surface area contributed by atoms with Gasteiger partial charge < -0.3 is 15.2 Å². The van der Waals surface area contributed by atoms with Crippen molar-refractivity contribution in [1.82, 2.24) is 5.32 Å². The maximum absolute atomic E-state index is 13.5. The van der Waals surface area contributed by atoms with Crippen LogP contribution in [-0.4, -0.2) is 30.7 Å². The van der Waals surface area contributed by atoms with Gasteiger partial charge in [0, 0.05) is 29.7 Å². The Morgan fingerprint density at radius 3 is 2.52 bits per heavy atom. The molecular weight excluding hydrogens is 437 g/mol. The number of amides is 1. The first-order chi connectivity index (χ1) is 14.8. The van der Waals surface area contributed by atoms with Crippen LogP contribution >= 0.6 is 23.2 Å². The first-order valence-electron chi connectivity index (χ1n) is 10.3. The molecule has 31 heavy (non-hydrogen) atoms. The summed E-state index contributed by atoms with van der Waals surface area (Å²) < 4.78 is 5.21. The summed E-state index contributed by atoms with van der Waals surface area (Å²) in [5, 5.41) is 14.0. The van der Waals surface area contributed by atoms with E-state index in [2.05, 4.69) is 5.32 Å². The van der Waals surface area contributed by atoms with Crippen LogP contribution in [0.15, 0.2) is 48.5 Å². The number of hydrogen-bond acceptors (Lipinski definition) is 3. The number of halogens is 2. The summed E-state index contributed by atoms with van der Waals surface area (Å²) in [5.41, 5.74) is 0.817. The van der Waals surface area contributed by atoms with Gasteiger partial charge in [-0.1, -0.05) is 54.4 Å². The van der Waals surface area contributed by atoms with Crippen LogP contribution < -0.4 is 5.32 Å². The molecule has 1 amide bonds. The predicted octanol–water partition coefficient (Wildman–Crippen LogP) is 5.47. The largest absolute Gasteiger partial charge is 0.481 e. The Hall–Kier alpha value is -2.08. The molecular formula is C24H27Cl2NO4. The molecule has 1 aliphatic heterocycles. The predicted molar refractivity (Wildman–Crippen MR) is 121 cm³/mol. The molecule has 0 radical (unpaired) electrons. The lowest BCUT2D eigenvalue weighted by Gasteiger charge is -2.47. The fraction of sp³-hybridized carbons (Fsp3) is 0.417. The summed E-state index contributed by atoms with van der Waals surface area (Å²) in [6.45, 7) is 2.39. The van der Waals surface area contributed by atoms with Gasteiger partial charge in [0.1, 0.15) is 0 Å². The first kappa shape index (κ1) is 23.6. The summed E-state index contributed by atoms with van der Waals surface area (Å²) >= 11 is 12.3. The molecule has 1 aliphatic rings. The molecule has 0 saturated carbocycles. The van der Waals surface area contributed by atoms with Gasteiger partial charge in [0.05, 0.1) is 17.9 Å². The number of benzene rings is 2. The molecule has 0 aliphatic carbocycles. The summed E-state index contributed by atoms with van der Waals surface area (Å²) in [5.74, 6) is -1.57. The molecule has 1 saturated heterocycles. The van der Waals surface area contributed by atoms with Crippen molar-refractivity contribution in [2.75, 3.05) is 13.7 Å². The number of carboxylic acids is 1. The van der Waals surface area contributed by atoms with Crippen molar-refractivity contribution in [3.05, 3.63) is 69.7 Å². The van der Waals surface area contributed by atoms with Gasteiger partial charge in [-0.15, -0.1) is 0 Å². The quantitative estimate of drug-likeness (QED) is 0.543. The number of nitrogens with one attached hydrogen (secondary N) is 1. The van der Waals surface area contributed by atoms with Crippen LogP contribution in [-0.2, 0) is 14.3 Å². The highest BCUT2D eigenvalue weighted by Gasteiger charge is 2.52. The third kappa shape index (κ3) is 5.22. The number of aliphatic carboxylic acids is 1. The zero-order valence-electron chi connectivity index (χ0n) is 17.6. The van der Waals surface area contributed by atoms with Crippen LogP contribution in [0.5, 0.6) is 0 Å². The van der Waals surface area contributed by atoms with Crippen LogP contribution in [0.2, 0.25) is 10.0 Å². The lowest BCUT2D eigenvalue weighted by molar-refractivity contribution is -0.152. The monoisotopic (exact) mass is 463 g/mol. The average Bonchev–Trinajstić information content (AvgIpc) is 2.73. The second kappa shape index (κ2) is 10.0. The van der Waals surface area contributed by atoms with E-state index in [1.165, 1.54) is 0 Å². The van der Waals surface area contributed by atoms with E-state index in [0.29, 0.717) is 29.5 Å². The molecule has 166 valence electrons. The van der Waals surface area contributed by atoms with Crippen LogP contribution in [0.25, 0.3) is 0 Å². The number of hydrogen-bond donors (Lipinski definition) is 2. The molecule has 1 fully saturated rings. The Balaban J connectivity index is 2.08. The van der Waals surface area contributed by atoms with E-state index < -0.39 is 11.4 Å². The highest BCUT2D eigenvalue weighted by molar-refractivity contribution is 6.30. The van der Waals surface area contributed by atoms with Crippen LogP contribution in [0.3, 0.4) is 0 Å². The first-order valence-corrected chi connectivity index (χ1v) is 11.0. The minimum Gasteiger partial charge on any atom is -0.481 e. The zero-order valence-corrected chi connectivity index (χ0v) is 19.1. The van der Waals surface area contributed by atoms with Crippen molar-refractivity contribution in [3.63, 3.8) is 0 Å². The lowest BCUT2D eigenvalue weighted by atomic mass is 9.61. The van der Waals surface area contributed by atoms with E-state index in [0.717, 1.165) is 11.1 Å². The Bertz CT molecular complexity index is 933. The third-order valence-corrected chi connectivity index (χ3v) is 6.88. The molecule has 4 atom stereocenters. The Morgan fingerprint density at radius 2 is 1.90 bits per heavy atom. The standard InChI is InChI=1S/C24H27Cl2NO4/c1-15(10-11-31-2)24(14-21(28)29)13-20(17-4-3-5-19(26)12-17)22(27-23(24)30)16-6-8-18(25)9-7-16/h3-9,12,15,20,22H,10-11,13-14H2,1-2H3,(H,27,30)(H,28,29)/t15-,20+,22+,24-/m0/s1. The van der Waals surface area contributed by atoms with Gasteiger partial charge in [-0.05, 0) is 54.2 Å². The van der Waals surface area contributed by atoms with Crippen molar-refractivity contribution < 1.29 is 19.4 Å². The fourth-order valence-corrected chi connectivity index (χ4v) is 4.94. The Morgan fingerprint density at radius 1 is 1.19 bits per heavy atom. The van der Waals surface area contributed by atoms with E-state index in [-0.39, 0.29) is 30.2 Å². The maximum Gasteiger partial charge on any atom is 0.304 e. The highest BCUT2D eigenvalue weighted by Crippen LogP contribution is 2.51. The molecule has 2 N–H and O–H groups in total. The number of methoxy groups -OCH3 is 1. The second-order valence-corrected chi connectivity index (χ2v) is 9.15. The van der Waals surface area contributed by atoms with Gasteiger partial charge in [-0.25, -0.2) is 0 Å². The summed E-state index contributed by atoms with van der Waals surface area (Å²) in [6.07, 6.45) is 0.739. The van der Waals surface area contributed by atoms with Crippen LogP contribution in [0.4, 0.5) is 0 Å². The van der Waals surface area contributed by atoms with Crippen molar-refractivity contribution in [2.45, 2.75) is 38.1 Å². The maximum atomic E-state index is 13.5. The van der Waals surface area contributed by atoms with Crippen LogP contribution in [0.1, 0.15) is 49.3 Å².